The minimum Gasteiger partial charge on any atom is -0.383 e. The predicted octanol–water partition coefficient (Wildman–Crippen LogP) is -0.243. The third-order valence-corrected chi connectivity index (χ3v) is 7.16. The molecule has 1 aliphatic heterocycles. The number of hydrogen-bond donors (Lipinski definition) is 5. The fourth-order valence-corrected chi connectivity index (χ4v) is 5.49. The standard InChI is InChI=1S/C8H14N3O12P3S/c9-5-1-2-11(8(12)10-5)6-4-27-7(21-6)3-20-25(16,17)23-26(18,19)22-24(13,14)15/h1-2,6-7H,3-4H2,(H,16,17)(H,18,19)(H2,9,10,12)(H2,13,14,15)/t6-,7+/m0/s1/i3D2. The maximum Gasteiger partial charge on any atom is 0.490 e. The van der Waals surface area contributed by atoms with E-state index in [1.54, 1.807) is 0 Å². The highest BCUT2D eigenvalue weighted by Gasteiger charge is 2.41. The number of anilines is 1. The van der Waals surface area contributed by atoms with Crippen molar-refractivity contribution in [2.75, 3.05) is 18.0 Å². The van der Waals surface area contributed by atoms with Crippen LogP contribution in [0.2, 0.25) is 0 Å². The first-order valence-corrected chi connectivity index (χ1v) is 12.0. The molecule has 6 N–H and O–H groups in total. The van der Waals surface area contributed by atoms with E-state index in [0.717, 1.165) is 16.3 Å². The lowest BCUT2D eigenvalue weighted by atomic mass is 10.5. The average Bonchev–Trinajstić information content (AvgIpc) is 2.91. The lowest BCUT2D eigenvalue weighted by molar-refractivity contribution is -0.00646. The van der Waals surface area contributed by atoms with Crippen molar-refractivity contribution in [3.05, 3.63) is 22.7 Å². The lowest BCUT2D eigenvalue weighted by Crippen LogP contribution is -2.28. The van der Waals surface area contributed by atoms with Gasteiger partial charge in [-0.3, -0.25) is 9.09 Å². The van der Waals surface area contributed by atoms with Crippen molar-refractivity contribution in [2.45, 2.75) is 11.7 Å². The molecule has 1 saturated heterocycles. The van der Waals surface area contributed by atoms with Crippen LogP contribution in [0.1, 0.15) is 8.97 Å². The highest BCUT2D eigenvalue weighted by molar-refractivity contribution is 8.00. The second-order valence-electron chi connectivity index (χ2n) is 4.60. The number of rotatable bonds is 8. The van der Waals surface area contributed by atoms with Gasteiger partial charge in [0.1, 0.15) is 17.5 Å². The van der Waals surface area contributed by atoms with E-state index in [0.29, 0.717) is 0 Å². The zero-order valence-corrected chi connectivity index (χ0v) is 16.3. The van der Waals surface area contributed by atoms with Gasteiger partial charge in [0.05, 0.1) is 9.30 Å². The molecule has 1 fully saturated rings. The van der Waals surface area contributed by atoms with Gasteiger partial charge in [-0.25, -0.2) is 18.5 Å². The zero-order valence-electron chi connectivity index (χ0n) is 14.8. The number of nitrogen functional groups attached to an aromatic ring is 1. The van der Waals surface area contributed by atoms with Gasteiger partial charge in [-0.2, -0.15) is 13.6 Å². The second-order valence-corrected chi connectivity index (χ2v) is 10.0. The summed E-state index contributed by atoms with van der Waals surface area (Å²) in [7, 11) is -17.1. The largest absolute Gasteiger partial charge is 0.490 e. The van der Waals surface area contributed by atoms with E-state index in [1.807, 2.05) is 0 Å². The van der Waals surface area contributed by atoms with Gasteiger partial charge in [0, 0.05) is 11.9 Å². The molecule has 0 radical (unpaired) electrons. The van der Waals surface area contributed by atoms with Gasteiger partial charge in [0.25, 0.3) is 0 Å². The van der Waals surface area contributed by atoms with E-state index in [4.69, 9.17) is 27.9 Å². The molecule has 27 heavy (non-hydrogen) atoms. The summed E-state index contributed by atoms with van der Waals surface area (Å²) in [5, 5.41) is 0. The molecule has 0 spiro atoms. The van der Waals surface area contributed by atoms with Crippen molar-refractivity contribution >= 4 is 41.0 Å². The Bertz CT molecular complexity index is 970. The van der Waals surface area contributed by atoms with E-state index in [9.17, 15) is 23.4 Å². The number of nitrogens with two attached hydrogens (primary N) is 1. The molecule has 0 amide bonds. The molecular formula is C8H14N3O12P3S. The van der Waals surface area contributed by atoms with E-state index in [2.05, 4.69) is 18.1 Å². The average molecular weight is 471 g/mol. The maximum atomic E-state index is 11.8. The van der Waals surface area contributed by atoms with Crippen molar-refractivity contribution in [3.8, 4) is 0 Å². The van der Waals surface area contributed by atoms with Crippen LogP contribution in [0, 0.1) is 0 Å². The highest BCUT2D eigenvalue weighted by Crippen LogP contribution is 2.66. The third-order valence-electron chi connectivity index (χ3n) is 2.51. The van der Waals surface area contributed by atoms with Crippen LogP contribution in [0.3, 0.4) is 0 Å². The number of nitrogens with zero attached hydrogens (tertiary/aromatic N) is 2. The van der Waals surface area contributed by atoms with E-state index in [1.165, 1.54) is 12.3 Å². The molecule has 1 aromatic heterocycles. The summed E-state index contributed by atoms with van der Waals surface area (Å²) < 4.78 is 66.5. The second kappa shape index (κ2) is 8.41. The lowest BCUT2D eigenvalue weighted by Gasteiger charge is -2.18. The van der Waals surface area contributed by atoms with Gasteiger partial charge in [-0.1, -0.05) is 0 Å². The summed E-state index contributed by atoms with van der Waals surface area (Å²) in [5.74, 6) is -0.0773. The topological polar surface area (TPSA) is 230 Å². The maximum absolute atomic E-state index is 11.8. The van der Waals surface area contributed by atoms with E-state index < -0.39 is 47.4 Å². The number of aromatic nitrogens is 2. The molecule has 15 nitrogen and oxygen atoms in total. The Kier molecular flexibility index (Phi) is 6.14. The van der Waals surface area contributed by atoms with Crippen LogP contribution in [0.4, 0.5) is 5.82 Å². The Labute approximate surface area is 157 Å². The molecule has 1 aliphatic rings. The monoisotopic (exact) mass is 471 g/mol. The quantitative estimate of drug-likeness (QED) is 0.308. The SMILES string of the molecule is [2H]C([2H])(OP(=O)(O)OP(=O)(O)OP(=O)(O)O)[C@@H]1O[C@H](n2ccc(N)nc2=O)CS1. The molecule has 1 aromatic rings. The molecule has 2 unspecified atom stereocenters. The summed E-state index contributed by atoms with van der Waals surface area (Å²) in [5.41, 5.74) is 2.93. The molecule has 19 heteroatoms. The minimum absolute atomic E-state index is 0.0184. The summed E-state index contributed by atoms with van der Waals surface area (Å²) in [4.78, 5) is 50.7. The summed E-state index contributed by atoms with van der Waals surface area (Å²) in [6, 6.07) is 1.28. The number of ether oxygens (including phenoxy) is 1. The number of hydrogen-bond acceptors (Lipinski definition) is 11. The van der Waals surface area contributed by atoms with Gasteiger partial charge in [-0.15, -0.1) is 11.8 Å². The van der Waals surface area contributed by atoms with Crippen molar-refractivity contribution in [1.82, 2.24) is 9.55 Å². The summed E-state index contributed by atoms with van der Waals surface area (Å²) >= 11 is 0.718. The molecular weight excluding hydrogens is 455 g/mol. The Morgan fingerprint density at radius 2 is 2.00 bits per heavy atom. The van der Waals surface area contributed by atoms with Crippen LogP contribution in [0.25, 0.3) is 0 Å². The first-order valence-electron chi connectivity index (χ1n) is 7.46. The number of phosphoric acid groups is 3. The molecule has 4 atom stereocenters. The van der Waals surface area contributed by atoms with E-state index >= 15 is 0 Å². The van der Waals surface area contributed by atoms with Crippen LogP contribution in [0.15, 0.2) is 17.1 Å². The van der Waals surface area contributed by atoms with Crippen LogP contribution >= 0.6 is 35.2 Å². The Balaban J connectivity index is 2.08. The van der Waals surface area contributed by atoms with Gasteiger partial charge in [-0.05, 0) is 6.07 Å². The Hall–Kier alpha value is -0.600. The fraction of sp³-hybridized carbons (Fsp3) is 0.500. The molecule has 0 saturated carbocycles. The zero-order chi connectivity index (χ0) is 22.3. The van der Waals surface area contributed by atoms with Crippen LogP contribution in [-0.2, 0) is 31.6 Å². The van der Waals surface area contributed by atoms with Crippen LogP contribution in [-0.4, -0.2) is 46.9 Å². The third kappa shape index (κ3) is 7.38. The Morgan fingerprint density at radius 3 is 2.59 bits per heavy atom. The van der Waals surface area contributed by atoms with Crippen molar-refractivity contribution in [3.63, 3.8) is 0 Å². The van der Waals surface area contributed by atoms with Gasteiger partial charge >= 0.3 is 29.2 Å². The number of thioether (sulfide) groups is 1. The molecule has 0 aromatic carbocycles. The molecule has 154 valence electrons. The normalized spacial score (nSPS) is 26.7. The van der Waals surface area contributed by atoms with Crippen molar-refractivity contribution < 1.29 is 53.9 Å². The first kappa shape index (κ1) is 19.7. The smallest absolute Gasteiger partial charge is 0.383 e. The fourth-order valence-electron chi connectivity index (χ4n) is 1.65. The van der Waals surface area contributed by atoms with Crippen LogP contribution in [0.5, 0.6) is 0 Å². The van der Waals surface area contributed by atoms with E-state index in [-0.39, 0.29) is 11.6 Å². The van der Waals surface area contributed by atoms with Crippen LogP contribution < -0.4 is 11.4 Å². The summed E-state index contributed by atoms with van der Waals surface area (Å²) in [6.45, 7) is -3.13. The molecule has 2 heterocycles. The minimum atomic E-state index is -5.81. The molecule has 0 aliphatic carbocycles. The number of phosphoric ester groups is 1. The summed E-state index contributed by atoms with van der Waals surface area (Å²) in [6.07, 6.45) is 0.182. The predicted molar refractivity (Wildman–Crippen MR) is 89.1 cm³/mol. The van der Waals surface area contributed by atoms with Gasteiger partial charge < -0.3 is 30.0 Å². The first-order chi connectivity index (χ1) is 13.0. The molecule has 0 bridgehead atoms. The molecule has 2 rings (SSSR count). The Morgan fingerprint density at radius 1 is 1.33 bits per heavy atom. The van der Waals surface area contributed by atoms with Gasteiger partial charge in [0.15, 0.2) is 0 Å². The highest BCUT2D eigenvalue weighted by atomic mass is 32.2. The van der Waals surface area contributed by atoms with Crippen molar-refractivity contribution in [2.24, 2.45) is 0 Å². The van der Waals surface area contributed by atoms with Crippen molar-refractivity contribution in [1.29, 1.82) is 0 Å². The van der Waals surface area contributed by atoms with Gasteiger partial charge in [0.2, 0.25) is 0 Å².